The van der Waals surface area contributed by atoms with Crippen LogP contribution in [0.4, 0.5) is 0 Å². The number of nitrogens with one attached hydrogen (secondary N) is 1. The number of carbonyl (C=O) groups excluding carboxylic acids is 1. The van der Waals surface area contributed by atoms with Gasteiger partial charge in [0.05, 0.1) is 5.92 Å². The number of piperidine rings is 1. The molecule has 0 radical (unpaired) electrons. The first-order valence-corrected chi connectivity index (χ1v) is 10.6. The van der Waals surface area contributed by atoms with E-state index in [0.29, 0.717) is 24.4 Å². The van der Waals surface area contributed by atoms with Crippen LogP contribution in [0.3, 0.4) is 0 Å². The minimum atomic E-state index is -3.68. The molecular formula is C17H27N3O4S. The van der Waals surface area contributed by atoms with Crippen molar-refractivity contribution in [2.45, 2.75) is 69.7 Å². The number of hydrogen-bond donors (Lipinski definition) is 1. The second-order valence-electron chi connectivity index (χ2n) is 7.20. The smallest absolute Gasteiger partial charge is 0.248 e. The SMILES string of the molecule is Cc1noc(C)c1S(=O)(=O)N1CCCC(C(=O)NC2CCCCC2)C1. The summed E-state index contributed by atoms with van der Waals surface area (Å²) in [6.45, 7) is 3.88. The maximum absolute atomic E-state index is 12.9. The number of sulfonamides is 1. The molecule has 25 heavy (non-hydrogen) atoms. The Bertz CT molecular complexity index is 703. The molecule has 1 aromatic heterocycles. The van der Waals surface area contributed by atoms with Crippen molar-refractivity contribution in [1.82, 2.24) is 14.8 Å². The molecule has 1 amide bonds. The second-order valence-corrected chi connectivity index (χ2v) is 9.07. The van der Waals surface area contributed by atoms with E-state index in [2.05, 4.69) is 10.5 Å². The Morgan fingerprint density at radius 3 is 2.52 bits per heavy atom. The standard InChI is InChI=1S/C17H27N3O4S/c1-12-16(13(2)24-19-12)25(22,23)20-10-6-7-14(11-20)17(21)18-15-8-4-3-5-9-15/h14-15H,3-11H2,1-2H3,(H,18,21). The van der Waals surface area contributed by atoms with Crippen LogP contribution in [0.15, 0.2) is 9.42 Å². The number of aryl methyl sites for hydroxylation is 2. The maximum Gasteiger partial charge on any atom is 0.248 e. The third-order valence-electron chi connectivity index (χ3n) is 5.27. The molecular weight excluding hydrogens is 342 g/mol. The van der Waals surface area contributed by atoms with E-state index in [1.54, 1.807) is 13.8 Å². The third-order valence-corrected chi connectivity index (χ3v) is 7.38. The molecule has 1 aliphatic carbocycles. The van der Waals surface area contributed by atoms with Gasteiger partial charge in [0.15, 0.2) is 5.76 Å². The Morgan fingerprint density at radius 2 is 1.88 bits per heavy atom. The van der Waals surface area contributed by atoms with Crippen LogP contribution in [0.1, 0.15) is 56.4 Å². The highest BCUT2D eigenvalue weighted by Gasteiger charge is 2.36. The topological polar surface area (TPSA) is 92.5 Å². The van der Waals surface area contributed by atoms with E-state index in [-0.39, 0.29) is 29.3 Å². The van der Waals surface area contributed by atoms with Crippen molar-refractivity contribution >= 4 is 15.9 Å². The number of nitrogens with zero attached hydrogens (tertiary/aromatic N) is 2. The summed E-state index contributed by atoms with van der Waals surface area (Å²) in [5.41, 5.74) is 0.367. The molecule has 140 valence electrons. The van der Waals surface area contributed by atoms with Crippen molar-refractivity contribution in [1.29, 1.82) is 0 Å². The fraction of sp³-hybridized carbons (Fsp3) is 0.765. The molecule has 1 atom stereocenters. The van der Waals surface area contributed by atoms with Gasteiger partial charge in [-0.15, -0.1) is 0 Å². The molecule has 1 N–H and O–H groups in total. The molecule has 1 saturated heterocycles. The van der Waals surface area contributed by atoms with Gasteiger partial charge in [-0.1, -0.05) is 24.4 Å². The first kappa shape index (κ1) is 18.4. The van der Waals surface area contributed by atoms with Gasteiger partial charge in [-0.3, -0.25) is 4.79 Å². The number of hydrogen-bond acceptors (Lipinski definition) is 5. The van der Waals surface area contributed by atoms with Gasteiger partial charge in [-0.2, -0.15) is 4.31 Å². The molecule has 1 aromatic rings. The summed E-state index contributed by atoms with van der Waals surface area (Å²) < 4.78 is 32.3. The summed E-state index contributed by atoms with van der Waals surface area (Å²) in [6.07, 6.45) is 7.01. The fourth-order valence-corrected chi connectivity index (χ4v) is 5.73. The van der Waals surface area contributed by atoms with Crippen molar-refractivity contribution in [2.75, 3.05) is 13.1 Å². The summed E-state index contributed by atoms with van der Waals surface area (Å²) in [5, 5.41) is 6.88. The third kappa shape index (κ3) is 3.89. The number of rotatable bonds is 4. The van der Waals surface area contributed by atoms with E-state index in [4.69, 9.17) is 4.52 Å². The highest BCUT2D eigenvalue weighted by atomic mass is 32.2. The summed E-state index contributed by atoms with van der Waals surface area (Å²) in [4.78, 5) is 12.7. The molecule has 1 saturated carbocycles. The minimum absolute atomic E-state index is 0.00874. The molecule has 0 aromatic carbocycles. The second kappa shape index (κ2) is 7.45. The van der Waals surface area contributed by atoms with Gasteiger partial charge < -0.3 is 9.84 Å². The van der Waals surface area contributed by atoms with Crippen LogP contribution in [-0.2, 0) is 14.8 Å². The Hall–Kier alpha value is -1.41. The maximum atomic E-state index is 12.9. The lowest BCUT2D eigenvalue weighted by molar-refractivity contribution is -0.127. The molecule has 0 spiro atoms. The van der Waals surface area contributed by atoms with E-state index < -0.39 is 10.0 Å². The molecule has 8 heteroatoms. The van der Waals surface area contributed by atoms with Gasteiger partial charge >= 0.3 is 0 Å². The predicted octanol–water partition coefficient (Wildman–Crippen LogP) is 2.14. The fourth-order valence-electron chi connectivity index (χ4n) is 3.91. The Labute approximate surface area is 149 Å². The van der Waals surface area contributed by atoms with Crippen molar-refractivity contribution in [3.8, 4) is 0 Å². The van der Waals surface area contributed by atoms with E-state index in [1.165, 1.54) is 10.7 Å². The zero-order chi connectivity index (χ0) is 18.0. The van der Waals surface area contributed by atoms with Crippen molar-refractivity contribution in [3.63, 3.8) is 0 Å². The summed E-state index contributed by atoms with van der Waals surface area (Å²) in [5.74, 6) is 0.00256. The van der Waals surface area contributed by atoms with Crippen LogP contribution < -0.4 is 5.32 Å². The van der Waals surface area contributed by atoms with Crippen LogP contribution in [0.5, 0.6) is 0 Å². The van der Waals surface area contributed by atoms with Crippen LogP contribution in [0.2, 0.25) is 0 Å². The summed E-state index contributed by atoms with van der Waals surface area (Å²) in [6, 6.07) is 0.246. The normalized spacial score (nSPS) is 23.5. The molecule has 3 rings (SSSR count). The molecule has 0 bridgehead atoms. The Morgan fingerprint density at radius 1 is 1.16 bits per heavy atom. The molecule has 2 fully saturated rings. The lowest BCUT2D eigenvalue weighted by Crippen LogP contribution is -2.48. The van der Waals surface area contributed by atoms with Crippen molar-refractivity contribution in [2.24, 2.45) is 5.92 Å². The van der Waals surface area contributed by atoms with Crippen LogP contribution in [-0.4, -0.2) is 42.9 Å². The van der Waals surface area contributed by atoms with Gasteiger partial charge in [0.25, 0.3) is 0 Å². The zero-order valence-corrected chi connectivity index (χ0v) is 15.8. The van der Waals surface area contributed by atoms with Gasteiger partial charge in [0.2, 0.25) is 15.9 Å². The highest BCUT2D eigenvalue weighted by Crippen LogP contribution is 2.28. The van der Waals surface area contributed by atoms with E-state index >= 15 is 0 Å². The average molecular weight is 369 g/mol. The molecule has 2 aliphatic rings. The van der Waals surface area contributed by atoms with Gasteiger partial charge in [0, 0.05) is 19.1 Å². The predicted molar refractivity (Wildman–Crippen MR) is 92.5 cm³/mol. The molecule has 7 nitrogen and oxygen atoms in total. The average Bonchev–Trinajstić information content (AvgIpc) is 2.95. The summed E-state index contributed by atoms with van der Waals surface area (Å²) in [7, 11) is -3.68. The quantitative estimate of drug-likeness (QED) is 0.878. The largest absolute Gasteiger partial charge is 0.360 e. The van der Waals surface area contributed by atoms with Gasteiger partial charge in [-0.25, -0.2) is 8.42 Å². The summed E-state index contributed by atoms with van der Waals surface area (Å²) >= 11 is 0. The van der Waals surface area contributed by atoms with E-state index in [0.717, 1.165) is 32.1 Å². The Kier molecular flexibility index (Phi) is 5.48. The number of aromatic nitrogens is 1. The first-order chi connectivity index (χ1) is 11.9. The molecule has 1 unspecified atom stereocenters. The zero-order valence-electron chi connectivity index (χ0n) is 15.0. The Balaban J connectivity index is 1.69. The first-order valence-electron chi connectivity index (χ1n) is 9.13. The van der Waals surface area contributed by atoms with Gasteiger partial charge in [-0.05, 0) is 39.5 Å². The highest BCUT2D eigenvalue weighted by molar-refractivity contribution is 7.89. The molecule has 1 aliphatic heterocycles. The van der Waals surface area contributed by atoms with Crippen molar-refractivity contribution in [3.05, 3.63) is 11.5 Å². The van der Waals surface area contributed by atoms with E-state index in [9.17, 15) is 13.2 Å². The number of amides is 1. The van der Waals surface area contributed by atoms with Crippen LogP contribution in [0, 0.1) is 19.8 Å². The monoisotopic (exact) mass is 369 g/mol. The van der Waals surface area contributed by atoms with Gasteiger partial charge in [0.1, 0.15) is 10.6 Å². The van der Waals surface area contributed by atoms with E-state index in [1.807, 2.05) is 0 Å². The van der Waals surface area contributed by atoms with Crippen LogP contribution >= 0.6 is 0 Å². The lowest BCUT2D eigenvalue weighted by atomic mass is 9.93. The lowest BCUT2D eigenvalue weighted by Gasteiger charge is -2.32. The van der Waals surface area contributed by atoms with Crippen LogP contribution in [0.25, 0.3) is 0 Å². The number of carbonyl (C=O) groups is 1. The molecule has 2 heterocycles. The van der Waals surface area contributed by atoms with Crippen molar-refractivity contribution < 1.29 is 17.7 Å². The minimum Gasteiger partial charge on any atom is -0.360 e.